The third kappa shape index (κ3) is 3.48. The van der Waals surface area contributed by atoms with E-state index < -0.39 is 11.8 Å². The molecule has 1 aromatic rings. The largest absolute Gasteiger partial charge is 0.478 e. The number of carboxylic acids is 1. The molecule has 0 heterocycles. The lowest BCUT2D eigenvalue weighted by Gasteiger charge is -2.30. The first-order valence-corrected chi connectivity index (χ1v) is 6.99. The van der Waals surface area contributed by atoms with Crippen LogP contribution in [0.15, 0.2) is 18.2 Å². The predicted molar refractivity (Wildman–Crippen MR) is 74.4 cm³/mol. The standard InChI is InChI=1S/C15H20FNO3/c16-13-7-10(15(19)20)5-6-14(13)17-8-11-3-1-2-4-12(11)9-18/h5-7,11-12,17-18H,1-4,8-9H2,(H,19,20). The van der Waals surface area contributed by atoms with Crippen LogP contribution in [0.4, 0.5) is 10.1 Å². The molecule has 4 nitrogen and oxygen atoms in total. The molecule has 2 atom stereocenters. The first-order valence-electron chi connectivity index (χ1n) is 6.99. The Balaban J connectivity index is 1.98. The van der Waals surface area contributed by atoms with Gasteiger partial charge in [0, 0.05) is 13.2 Å². The van der Waals surface area contributed by atoms with Crippen LogP contribution < -0.4 is 5.32 Å². The smallest absolute Gasteiger partial charge is 0.335 e. The molecule has 1 aliphatic carbocycles. The monoisotopic (exact) mass is 281 g/mol. The number of carboxylic acid groups (broad SMARTS) is 1. The number of rotatable bonds is 5. The SMILES string of the molecule is O=C(O)c1ccc(NCC2CCCCC2CO)c(F)c1. The van der Waals surface area contributed by atoms with Gasteiger partial charge in [0.1, 0.15) is 5.82 Å². The van der Waals surface area contributed by atoms with Gasteiger partial charge in [-0.15, -0.1) is 0 Å². The summed E-state index contributed by atoms with van der Waals surface area (Å²) in [6.45, 7) is 0.779. The minimum Gasteiger partial charge on any atom is -0.478 e. The zero-order valence-corrected chi connectivity index (χ0v) is 11.3. The van der Waals surface area contributed by atoms with Crippen LogP contribution in [0.1, 0.15) is 36.0 Å². The molecule has 0 saturated heterocycles. The van der Waals surface area contributed by atoms with Crippen molar-refractivity contribution >= 4 is 11.7 Å². The molecule has 0 radical (unpaired) electrons. The van der Waals surface area contributed by atoms with Gasteiger partial charge in [0.25, 0.3) is 0 Å². The third-order valence-electron chi connectivity index (χ3n) is 4.07. The fourth-order valence-corrected chi connectivity index (χ4v) is 2.83. The first-order chi connectivity index (χ1) is 9.61. The summed E-state index contributed by atoms with van der Waals surface area (Å²) in [6.07, 6.45) is 4.34. The van der Waals surface area contributed by atoms with Gasteiger partial charge >= 0.3 is 5.97 Å². The molecule has 0 spiro atoms. The summed E-state index contributed by atoms with van der Waals surface area (Å²) in [5.41, 5.74) is 0.260. The van der Waals surface area contributed by atoms with Crippen LogP contribution in [0.25, 0.3) is 0 Å². The third-order valence-corrected chi connectivity index (χ3v) is 4.07. The highest BCUT2D eigenvalue weighted by Gasteiger charge is 2.24. The Hall–Kier alpha value is -1.62. The number of aliphatic hydroxyl groups is 1. The molecule has 20 heavy (non-hydrogen) atoms. The average Bonchev–Trinajstić information content (AvgIpc) is 2.46. The second-order valence-corrected chi connectivity index (χ2v) is 5.37. The van der Waals surface area contributed by atoms with Gasteiger partial charge in [0.2, 0.25) is 0 Å². The first kappa shape index (κ1) is 14.8. The Kier molecular flexibility index (Phi) is 4.95. The van der Waals surface area contributed by atoms with Crippen molar-refractivity contribution in [2.24, 2.45) is 11.8 Å². The molecule has 5 heteroatoms. The highest BCUT2D eigenvalue weighted by atomic mass is 19.1. The van der Waals surface area contributed by atoms with Gasteiger partial charge in [0.05, 0.1) is 11.3 Å². The summed E-state index contributed by atoms with van der Waals surface area (Å²) in [4.78, 5) is 10.7. The van der Waals surface area contributed by atoms with Gasteiger partial charge in [-0.3, -0.25) is 0 Å². The topological polar surface area (TPSA) is 69.6 Å². The van der Waals surface area contributed by atoms with Crippen molar-refractivity contribution < 1.29 is 19.4 Å². The summed E-state index contributed by atoms with van der Waals surface area (Å²) >= 11 is 0. The Morgan fingerprint density at radius 2 is 2.00 bits per heavy atom. The van der Waals surface area contributed by atoms with Gasteiger partial charge < -0.3 is 15.5 Å². The van der Waals surface area contributed by atoms with Crippen molar-refractivity contribution in [1.29, 1.82) is 0 Å². The number of aliphatic hydroxyl groups excluding tert-OH is 1. The van der Waals surface area contributed by atoms with E-state index in [0.717, 1.165) is 31.7 Å². The van der Waals surface area contributed by atoms with E-state index in [-0.39, 0.29) is 18.1 Å². The summed E-state index contributed by atoms with van der Waals surface area (Å²) in [7, 11) is 0. The maximum atomic E-state index is 13.8. The number of hydrogen-bond donors (Lipinski definition) is 3. The molecule has 3 N–H and O–H groups in total. The van der Waals surface area contributed by atoms with Crippen LogP contribution in [0.5, 0.6) is 0 Å². The summed E-state index contributed by atoms with van der Waals surface area (Å²) in [5.74, 6) is -1.07. The van der Waals surface area contributed by atoms with Gasteiger partial charge in [-0.25, -0.2) is 9.18 Å². The Labute approximate surface area is 117 Å². The van der Waals surface area contributed by atoms with Crippen LogP contribution in [0.3, 0.4) is 0 Å². The Morgan fingerprint density at radius 1 is 1.30 bits per heavy atom. The van der Waals surface area contributed by atoms with Gasteiger partial charge in [-0.05, 0) is 42.9 Å². The number of aromatic carboxylic acids is 1. The molecular formula is C15H20FNO3. The highest BCUT2D eigenvalue weighted by Crippen LogP contribution is 2.30. The van der Waals surface area contributed by atoms with Gasteiger partial charge in [-0.1, -0.05) is 12.8 Å². The normalized spacial score (nSPS) is 22.5. The lowest BCUT2D eigenvalue weighted by Crippen LogP contribution is -2.28. The van der Waals surface area contributed by atoms with Crippen molar-refractivity contribution in [2.75, 3.05) is 18.5 Å². The fraction of sp³-hybridized carbons (Fsp3) is 0.533. The molecule has 1 saturated carbocycles. The summed E-state index contributed by atoms with van der Waals surface area (Å²) < 4.78 is 13.8. The van der Waals surface area contributed by atoms with Crippen molar-refractivity contribution in [2.45, 2.75) is 25.7 Å². The second kappa shape index (κ2) is 6.70. The van der Waals surface area contributed by atoms with E-state index in [0.29, 0.717) is 18.2 Å². The van der Waals surface area contributed by atoms with E-state index in [2.05, 4.69) is 5.32 Å². The number of halogens is 1. The van der Waals surface area contributed by atoms with E-state index in [1.54, 1.807) is 0 Å². The van der Waals surface area contributed by atoms with Crippen LogP contribution in [0.2, 0.25) is 0 Å². The fourth-order valence-electron chi connectivity index (χ4n) is 2.83. The van der Waals surface area contributed by atoms with Gasteiger partial charge in [-0.2, -0.15) is 0 Å². The second-order valence-electron chi connectivity index (χ2n) is 5.37. The van der Waals surface area contributed by atoms with E-state index >= 15 is 0 Å². The number of anilines is 1. The maximum absolute atomic E-state index is 13.8. The van der Waals surface area contributed by atoms with Crippen molar-refractivity contribution in [1.82, 2.24) is 0 Å². The summed E-state index contributed by atoms with van der Waals surface area (Å²) in [5, 5.41) is 21.2. The zero-order chi connectivity index (χ0) is 14.5. The van der Waals surface area contributed by atoms with Crippen molar-refractivity contribution in [3.63, 3.8) is 0 Å². The lowest BCUT2D eigenvalue weighted by atomic mass is 9.79. The molecule has 110 valence electrons. The lowest BCUT2D eigenvalue weighted by molar-refractivity contribution is 0.0696. The average molecular weight is 281 g/mol. The number of hydrogen-bond acceptors (Lipinski definition) is 3. The maximum Gasteiger partial charge on any atom is 0.335 e. The quantitative estimate of drug-likeness (QED) is 0.776. The number of benzene rings is 1. The Morgan fingerprint density at radius 3 is 2.60 bits per heavy atom. The summed E-state index contributed by atoms with van der Waals surface area (Å²) in [6, 6.07) is 3.86. The molecule has 0 aliphatic heterocycles. The molecule has 1 fully saturated rings. The minimum absolute atomic E-state index is 0.0565. The minimum atomic E-state index is -1.14. The number of carbonyl (C=O) groups is 1. The molecule has 2 rings (SSSR count). The van der Waals surface area contributed by atoms with Crippen molar-refractivity contribution in [3.05, 3.63) is 29.6 Å². The molecule has 2 unspecified atom stereocenters. The number of nitrogens with one attached hydrogen (secondary N) is 1. The van der Waals surface area contributed by atoms with E-state index in [9.17, 15) is 14.3 Å². The van der Waals surface area contributed by atoms with E-state index in [1.807, 2.05) is 0 Å². The zero-order valence-electron chi connectivity index (χ0n) is 11.3. The highest BCUT2D eigenvalue weighted by molar-refractivity contribution is 5.88. The predicted octanol–water partition coefficient (Wildman–Crippen LogP) is 2.73. The van der Waals surface area contributed by atoms with Crippen LogP contribution in [-0.2, 0) is 0 Å². The molecule has 1 aliphatic rings. The van der Waals surface area contributed by atoms with E-state index in [4.69, 9.17) is 5.11 Å². The molecule has 1 aromatic carbocycles. The molecule has 0 bridgehead atoms. The van der Waals surface area contributed by atoms with Crippen LogP contribution in [0, 0.1) is 17.7 Å². The van der Waals surface area contributed by atoms with Crippen LogP contribution in [-0.4, -0.2) is 29.3 Å². The molecular weight excluding hydrogens is 261 g/mol. The molecule has 0 aromatic heterocycles. The van der Waals surface area contributed by atoms with E-state index in [1.165, 1.54) is 12.1 Å². The molecule has 0 amide bonds. The van der Waals surface area contributed by atoms with Gasteiger partial charge in [0.15, 0.2) is 0 Å². The van der Waals surface area contributed by atoms with Crippen LogP contribution >= 0.6 is 0 Å². The van der Waals surface area contributed by atoms with Crippen molar-refractivity contribution in [3.8, 4) is 0 Å². The Bertz CT molecular complexity index is 478.